The number of halogens is 4. The molecule has 1 fully saturated rings. The molecule has 1 saturated heterocycles. The molecule has 1 aliphatic heterocycles. The third-order valence-electron chi connectivity index (χ3n) is 5.36. The first-order valence-electron chi connectivity index (χ1n) is 10.0. The lowest BCUT2D eigenvalue weighted by atomic mass is 9.90. The molecule has 5 atom stereocenters. The van der Waals surface area contributed by atoms with Crippen molar-refractivity contribution in [3.8, 4) is 5.75 Å². The molecule has 0 radical (unpaired) electrons. The smallest absolute Gasteiger partial charge is 0.394 e. The summed E-state index contributed by atoms with van der Waals surface area (Å²) in [5.41, 5.74) is -4.78. The van der Waals surface area contributed by atoms with Crippen LogP contribution in [0.4, 0.5) is 13.2 Å². The molecular formula is C20H20ClF3O10S2. The summed E-state index contributed by atoms with van der Waals surface area (Å²) in [5, 5.41) is 39.9. The van der Waals surface area contributed by atoms with E-state index in [2.05, 4.69) is 4.18 Å². The van der Waals surface area contributed by atoms with Gasteiger partial charge < -0.3 is 29.3 Å². The molecule has 0 amide bonds. The minimum absolute atomic E-state index is 0.0952. The lowest BCUT2D eigenvalue weighted by Gasteiger charge is -2.40. The van der Waals surface area contributed by atoms with E-state index in [0.29, 0.717) is 16.7 Å². The summed E-state index contributed by atoms with van der Waals surface area (Å²) < 4.78 is 92.7. The second-order valence-electron chi connectivity index (χ2n) is 7.81. The first-order valence-corrected chi connectivity index (χ1v) is 13.8. The number of aliphatic hydroxyl groups is 4. The van der Waals surface area contributed by atoms with Crippen LogP contribution in [-0.2, 0) is 29.2 Å². The molecule has 36 heavy (non-hydrogen) atoms. The molecule has 0 spiro atoms. The van der Waals surface area contributed by atoms with E-state index < -0.39 is 66.4 Å². The first-order chi connectivity index (χ1) is 16.6. The molecule has 10 nitrogen and oxygen atoms in total. The van der Waals surface area contributed by atoms with Crippen molar-refractivity contribution in [1.29, 1.82) is 0 Å². The van der Waals surface area contributed by atoms with Gasteiger partial charge in [0.15, 0.2) is 0 Å². The molecule has 0 saturated carbocycles. The van der Waals surface area contributed by atoms with Crippen LogP contribution in [0.15, 0.2) is 42.5 Å². The normalized spacial score (nSPS) is 25.5. The Labute approximate surface area is 207 Å². The van der Waals surface area contributed by atoms with Crippen LogP contribution in [0.5, 0.6) is 5.75 Å². The van der Waals surface area contributed by atoms with E-state index in [1.807, 2.05) is 0 Å². The Bertz CT molecular complexity index is 1300. The van der Waals surface area contributed by atoms with Crippen molar-refractivity contribution in [1.82, 2.24) is 0 Å². The summed E-state index contributed by atoms with van der Waals surface area (Å²) in [6.45, 7) is -0.615. The van der Waals surface area contributed by atoms with Gasteiger partial charge in [-0.1, -0.05) is 35.9 Å². The van der Waals surface area contributed by atoms with Gasteiger partial charge in [0.2, 0.25) is 0 Å². The van der Waals surface area contributed by atoms with Gasteiger partial charge in [-0.2, -0.15) is 30.0 Å². The van der Waals surface area contributed by atoms with Crippen LogP contribution < -0.4 is 4.18 Å². The maximum absolute atomic E-state index is 12.5. The summed E-state index contributed by atoms with van der Waals surface area (Å²) in [6, 6.07) is 8.94. The average Bonchev–Trinajstić information content (AvgIpc) is 2.79. The zero-order valence-electron chi connectivity index (χ0n) is 17.9. The minimum atomic E-state index is -6.62. The van der Waals surface area contributed by atoms with Gasteiger partial charge in [-0.05, 0) is 41.3 Å². The lowest BCUT2D eigenvalue weighted by molar-refractivity contribution is -0.231. The molecular weight excluding hydrogens is 557 g/mol. The predicted octanol–water partition coefficient (Wildman–Crippen LogP) is 1.00. The van der Waals surface area contributed by atoms with Crippen LogP contribution in [0.1, 0.15) is 22.8 Å². The van der Waals surface area contributed by atoms with Crippen molar-refractivity contribution < 1.29 is 59.4 Å². The Morgan fingerprint density at radius 3 is 2.11 bits per heavy atom. The highest BCUT2D eigenvalue weighted by molar-refractivity contribution is 8.65. The molecule has 16 heteroatoms. The van der Waals surface area contributed by atoms with E-state index in [4.69, 9.17) is 16.3 Å². The van der Waals surface area contributed by atoms with Crippen LogP contribution in [0.25, 0.3) is 0 Å². The highest BCUT2D eigenvalue weighted by Gasteiger charge is 2.57. The van der Waals surface area contributed by atoms with Crippen LogP contribution in [-0.4, -0.2) is 73.8 Å². The van der Waals surface area contributed by atoms with E-state index in [1.165, 1.54) is 30.3 Å². The number of benzene rings is 2. The average molecular weight is 577 g/mol. The molecule has 1 heterocycles. The van der Waals surface area contributed by atoms with Crippen molar-refractivity contribution in [2.24, 2.45) is 0 Å². The SMILES string of the molecule is O=S(=O)(Oc1ccc(Cc2cc([C@@H]3O[C@H](CO)[C@@H](O)[C@H](O)[C@H]3O)ccc2Cl)cc1)S(=O)(=O)C(F)(F)F. The fourth-order valence-corrected chi connectivity index (χ4v) is 5.50. The first kappa shape index (κ1) is 28.6. The Hall–Kier alpha value is -1.98. The van der Waals surface area contributed by atoms with E-state index in [9.17, 15) is 50.4 Å². The number of ether oxygens (including phenoxy) is 1. The van der Waals surface area contributed by atoms with Crippen LogP contribution in [0.3, 0.4) is 0 Å². The zero-order chi connectivity index (χ0) is 27.1. The molecule has 1 aliphatic rings. The molecule has 0 aliphatic carbocycles. The molecule has 0 unspecified atom stereocenters. The second-order valence-corrected chi connectivity index (χ2v) is 13.1. The highest BCUT2D eigenvalue weighted by atomic mass is 35.5. The molecule has 2 aromatic rings. The number of hydrogen-bond donors (Lipinski definition) is 4. The van der Waals surface area contributed by atoms with E-state index in [1.54, 1.807) is 0 Å². The van der Waals surface area contributed by atoms with Crippen LogP contribution in [0.2, 0.25) is 5.02 Å². The van der Waals surface area contributed by atoms with Crippen molar-refractivity contribution in [3.63, 3.8) is 0 Å². The van der Waals surface area contributed by atoms with E-state index in [-0.39, 0.29) is 11.4 Å². The topological polar surface area (TPSA) is 168 Å². The summed E-state index contributed by atoms with van der Waals surface area (Å²) in [7, 11) is -12.7. The highest BCUT2D eigenvalue weighted by Crippen LogP contribution is 2.35. The molecule has 2 aromatic carbocycles. The van der Waals surface area contributed by atoms with E-state index in [0.717, 1.165) is 12.1 Å². The van der Waals surface area contributed by atoms with Crippen molar-refractivity contribution in [2.75, 3.05) is 6.61 Å². The Balaban J connectivity index is 1.80. The Morgan fingerprint density at radius 1 is 0.944 bits per heavy atom. The summed E-state index contributed by atoms with van der Waals surface area (Å²) in [6.07, 6.45) is -6.81. The van der Waals surface area contributed by atoms with E-state index >= 15 is 0 Å². The third-order valence-corrected chi connectivity index (χ3v) is 9.61. The number of rotatable bonds is 7. The van der Waals surface area contributed by atoms with Crippen molar-refractivity contribution in [2.45, 2.75) is 42.4 Å². The predicted molar refractivity (Wildman–Crippen MR) is 118 cm³/mol. The number of hydrogen-bond acceptors (Lipinski definition) is 10. The van der Waals surface area contributed by atoms with Gasteiger partial charge >= 0.3 is 23.5 Å². The Kier molecular flexibility index (Phi) is 8.27. The van der Waals surface area contributed by atoms with Gasteiger partial charge in [0, 0.05) is 5.02 Å². The monoisotopic (exact) mass is 576 g/mol. The van der Waals surface area contributed by atoms with Gasteiger partial charge in [-0.15, -0.1) is 0 Å². The van der Waals surface area contributed by atoms with Gasteiger partial charge in [-0.25, -0.2) is 0 Å². The summed E-state index contributed by atoms with van der Waals surface area (Å²) in [5.74, 6) is -0.673. The fourth-order valence-electron chi connectivity index (χ4n) is 3.45. The van der Waals surface area contributed by atoms with Crippen LogP contribution >= 0.6 is 11.6 Å². The minimum Gasteiger partial charge on any atom is -0.394 e. The van der Waals surface area contributed by atoms with Gasteiger partial charge in [0.1, 0.15) is 36.3 Å². The maximum Gasteiger partial charge on any atom is 0.515 e. The molecule has 0 aromatic heterocycles. The lowest BCUT2D eigenvalue weighted by Crippen LogP contribution is -2.55. The second kappa shape index (κ2) is 10.4. The quantitative estimate of drug-likeness (QED) is 0.349. The Morgan fingerprint density at radius 2 is 1.56 bits per heavy atom. The van der Waals surface area contributed by atoms with Crippen LogP contribution in [0, 0.1) is 0 Å². The number of alkyl halides is 3. The zero-order valence-corrected chi connectivity index (χ0v) is 20.3. The van der Waals surface area contributed by atoms with Gasteiger partial charge in [0.05, 0.1) is 6.61 Å². The van der Waals surface area contributed by atoms with Gasteiger partial charge in [0.25, 0.3) is 0 Å². The summed E-state index contributed by atoms with van der Waals surface area (Å²) >= 11 is 6.23. The standard InChI is InChI=1S/C20H20ClF3O10S2/c21-14-6-3-11(19-18(28)17(27)16(26)15(9-25)33-19)8-12(14)7-10-1-4-13(5-2-10)34-36(31,32)35(29,30)20(22,23)24/h1-6,8,15-19,25-28H,7,9H2/t15-,16-,17+,18-,19+/m1/s1. The fraction of sp³-hybridized carbons (Fsp3) is 0.400. The molecule has 4 N–H and O–H groups in total. The molecule has 3 rings (SSSR count). The largest absolute Gasteiger partial charge is 0.515 e. The van der Waals surface area contributed by atoms with Gasteiger partial charge in [-0.3, -0.25) is 0 Å². The molecule has 0 bridgehead atoms. The van der Waals surface area contributed by atoms with Crippen molar-refractivity contribution >= 4 is 29.6 Å². The third kappa shape index (κ3) is 5.62. The molecule has 200 valence electrons. The summed E-state index contributed by atoms with van der Waals surface area (Å²) in [4.78, 5) is 0. The number of aliphatic hydroxyl groups excluding tert-OH is 4. The van der Waals surface area contributed by atoms with Crippen molar-refractivity contribution in [3.05, 3.63) is 64.2 Å². The maximum atomic E-state index is 12.5.